The molecule has 110 valence electrons. The molecule has 20 heavy (non-hydrogen) atoms. The van der Waals surface area contributed by atoms with Crippen LogP contribution in [0.3, 0.4) is 0 Å². The lowest BCUT2D eigenvalue weighted by Gasteiger charge is -2.40. The van der Waals surface area contributed by atoms with E-state index < -0.39 is 6.10 Å². The van der Waals surface area contributed by atoms with E-state index in [1.54, 1.807) is 14.0 Å². The number of benzene rings is 1. The van der Waals surface area contributed by atoms with E-state index >= 15 is 0 Å². The Labute approximate surface area is 128 Å². The Morgan fingerprint density at radius 1 is 1.45 bits per heavy atom. The second kappa shape index (κ2) is 6.70. The molecule has 1 heterocycles. The Bertz CT molecular complexity index is 463. The summed E-state index contributed by atoms with van der Waals surface area (Å²) < 4.78 is 12.0. The number of carbonyl (C=O) groups excluding carboxylic acids is 1. The molecule has 0 N–H and O–H groups in total. The molecular weight excluding hydrogens is 322 g/mol. The maximum atomic E-state index is 12.3. The van der Waals surface area contributed by atoms with E-state index in [1.807, 2.05) is 36.1 Å². The van der Waals surface area contributed by atoms with E-state index in [4.69, 9.17) is 9.47 Å². The minimum atomic E-state index is -0.416. The summed E-state index contributed by atoms with van der Waals surface area (Å²) in [5, 5.41) is 0. The van der Waals surface area contributed by atoms with Crippen LogP contribution in [0.2, 0.25) is 0 Å². The Balaban J connectivity index is 2.16. The first-order valence-corrected chi connectivity index (χ1v) is 7.54. The van der Waals surface area contributed by atoms with Crippen molar-refractivity contribution in [1.29, 1.82) is 0 Å². The number of hydrogen-bond acceptors (Lipinski definition) is 3. The molecule has 1 amide bonds. The maximum absolute atomic E-state index is 12.3. The van der Waals surface area contributed by atoms with Crippen LogP contribution >= 0.6 is 15.9 Å². The largest absolute Gasteiger partial charge is 0.372 e. The van der Waals surface area contributed by atoms with Crippen LogP contribution in [0, 0.1) is 0 Å². The second-order valence-corrected chi connectivity index (χ2v) is 5.91. The Hall–Kier alpha value is -0.910. The van der Waals surface area contributed by atoms with Crippen molar-refractivity contribution in [3.05, 3.63) is 34.3 Å². The van der Waals surface area contributed by atoms with Gasteiger partial charge in [0.1, 0.15) is 12.2 Å². The van der Waals surface area contributed by atoms with Crippen LogP contribution in [-0.2, 0) is 14.3 Å². The number of ether oxygens (including phenoxy) is 2. The molecule has 5 heteroatoms. The first-order chi connectivity index (χ1) is 9.54. The lowest BCUT2D eigenvalue weighted by atomic mass is 10.00. The molecule has 0 aromatic heterocycles. The Kier molecular flexibility index (Phi) is 5.18. The summed E-state index contributed by atoms with van der Waals surface area (Å²) in [4.78, 5) is 14.2. The van der Waals surface area contributed by atoms with Crippen molar-refractivity contribution in [2.24, 2.45) is 0 Å². The van der Waals surface area contributed by atoms with Gasteiger partial charge in [-0.15, -0.1) is 0 Å². The SMILES string of the molecule is CO[C@H](C)C(=O)N1CCO[C@H](c2ccc(Br)cc2)[C@H]1C. The smallest absolute Gasteiger partial charge is 0.251 e. The summed E-state index contributed by atoms with van der Waals surface area (Å²) in [5.74, 6) is 0.0189. The minimum absolute atomic E-state index is 0.00461. The molecule has 1 aliphatic heterocycles. The van der Waals surface area contributed by atoms with Crippen LogP contribution < -0.4 is 0 Å². The highest BCUT2D eigenvalue weighted by atomic mass is 79.9. The third-order valence-electron chi connectivity index (χ3n) is 3.74. The van der Waals surface area contributed by atoms with Crippen molar-refractivity contribution in [2.45, 2.75) is 32.1 Å². The predicted molar refractivity (Wildman–Crippen MR) is 80.5 cm³/mol. The predicted octanol–water partition coefficient (Wildman–Crippen LogP) is 2.77. The number of hydrogen-bond donors (Lipinski definition) is 0. The van der Waals surface area contributed by atoms with Gasteiger partial charge in [-0.1, -0.05) is 28.1 Å². The summed E-state index contributed by atoms with van der Waals surface area (Å²) in [6, 6.07) is 8.03. The van der Waals surface area contributed by atoms with Gasteiger partial charge in [-0.2, -0.15) is 0 Å². The minimum Gasteiger partial charge on any atom is -0.372 e. The number of amides is 1. The van der Waals surface area contributed by atoms with E-state index in [1.165, 1.54) is 0 Å². The van der Waals surface area contributed by atoms with E-state index in [2.05, 4.69) is 15.9 Å². The normalized spacial score (nSPS) is 24.5. The molecule has 0 spiro atoms. The van der Waals surface area contributed by atoms with Crippen molar-refractivity contribution < 1.29 is 14.3 Å². The standard InChI is InChI=1S/C15H20BrNO3/c1-10-14(12-4-6-13(16)7-5-12)20-9-8-17(10)15(18)11(2)19-3/h4-7,10-11,14H,8-9H2,1-3H3/t10-,11-,14+/m1/s1. The molecule has 0 aliphatic carbocycles. The van der Waals surface area contributed by atoms with Crippen LogP contribution in [-0.4, -0.2) is 43.2 Å². The fraction of sp³-hybridized carbons (Fsp3) is 0.533. The zero-order valence-electron chi connectivity index (χ0n) is 12.0. The quantitative estimate of drug-likeness (QED) is 0.848. The number of rotatable bonds is 3. The molecule has 3 atom stereocenters. The third-order valence-corrected chi connectivity index (χ3v) is 4.27. The summed E-state index contributed by atoms with van der Waals surface area (Å²) >= 11 is 3.43. The molecule has 0 bridgehead atoms. The number of morpholine rings is 1. The number of methoxy groups -OCH3 is 1. The van der Waals surface area contributed by atoms with Gasteiger partial charge < -0.3 is 14.4 Å². The first-order valence-electron chi connectivity index (χ1n) is 6.75. The highest BCUT2D eigenvalue weighted by Crippen LogP contribution is 2.29. The molecule has 1 aromatic rings. The lowest BCUT2D eigenvalue weighted by Crippen LogP contribution is -2.51. The van der Waals surface area contributed by atoms with Gasteiger partial charge in [-0.25, -0.2) is 0 Å². The monoisotopic (exact) mass is 341 g/mol. The highest BCUT2D eigenvalue weighted by molar-refractivity contribution is 9.10. The molecular formula is C15H20BrNO3. The van der Waals surface area contributed by atoms with Crippen LogP contribution in [0.4, 0.5) is 0 Å². The van der Waals surface area contributed by atoms with Gasteiger partial charge in [0.15, 0.2) is 0 Å². The lowest BCUT2D eigenvalue weighted by molar-refractivity contribution is -0.155. The van der Waals surface area contributed by atoms with Crippen molar-refractivity contribution in [3.63, 3.8) is 0 Å². The molecule has 4 nitrogen and oxygen atoms in total. The van der Waals surface area contributed by atoms with Gasteiger partial charge in [-0.05, 0) is 31.5 Å². The van der Waals surface area contributed by atoms with Crippen molar-refractivity contribution in [2.75, 3.05) is 20.3 Å². The van der Waals surface area contributed by atoms with Crippen molar-refractivity contribution >= 4 is 21.8 Å². The first kappa shape index (κ1) is 15.5. The summed E-state index contributed by atoms with van der Waals surface area (Å²) in [6.07, 6.45) is -0.508. The molecule has 0 radical (unpaired) electrons. The van der Waals surface area contributed by atoms with Gasteiger partial charge in [0, 0.05) is 18.1 Å². The molecule has 0 saturated carbocycles. The molecule has 1 fully saturated rings. The van der Waals surface area contributed by atoms with E-state index in [0.717, 1.165) is 10.0 Å². The summed E-state index contributed by atoms with van der Waals surface area (Å²) in [5.41, 5.74) is 1.09. The average molecular weight is 342 g/mol. The molecule has 2 rings (SSSR count). The fourth-order valence-corrected chi connectivity index (χ4v) is 2.72. The highest BCUT2D eigenvalue weighted by Gasteiger charge is 2.34. The van der Waals surface area contributed by atoms with Gasteiger partial charge >= 0.3 is 0 Å². The van der Waals surface area contributed by atoms with Gasteiger partial charge in [0.05, 0.1) is 12.6 Å². The van der Waals surface area contributed by atoms with Gasteiger partial charge in [0.25, 0.3) is 5.91 Å². The van der Waals surface area contributed by atoms with Gasteiger partial charge in [-0.3, -0.25) is 4.79 Å². The Morgan fingerprint density at radius 3 is 2.70 bits per heavy atom. The average Bonchev–Trinajstić information content (AvgIpc) is 2.47. The number of halogens is 1. The molecule has 1 aromatic carbocycles. The molecule has 0 unspecified atom stereocenters. The van der Waals surface area contributed by atoms with E-state index in [-0.39, 0.29) is 18.1 Å². The van der Waals surface area contributed by atoms with Crippen molar-refractivity contribution in [3.8, 4) is 0 Å². The number of nitrogens with zero attached hydrogens (tertiary/aromatic N) is 1. The number of carbonyl (C=O) groups is 1. The Morgan fingerprint density at radius 2 is 2.10 bits per heavy atom. The molecule has 1 saturated heterocycles. The van der Waals surface area contributed by atoms with Crippen LogP contribution in [0.1, 0.15) is 25.5 Å². The zero-order valence-corrected chi connectivity index (χ0v) is 13.6. The van der Waals surface area contributed by atoms with Crippen molar-refractivity contribution in [1.82, 2.24) is 4.90 Å². The zero-order chi connectivity index (χ0) is 14.7. The molecule has 1 aliphatic rings. The van der Waals surface area contributed by atoms with Crippen LogP contribution in [0.25, 0.3) is 0 Å². The van der Waals surface area contributed by atoms with Crippen LogP contribution in [0.5, 0.6) is 0 Å². The van der Waals surface area contributed by atoms with E-state index in [9.17, 15) is 4.79 Å². The summed E-state index contributed by atoms with van der Waals surface area (Å²) in [6.45, 7) is 4.96. The third kappa shape index (κ3) is 3.22. The summed E-state index contributed by atoms with van der Waals surface area (Å²) in [7, 11) is 1.56. The van der Waals surface area contributed by atoms with Crippen LogP contribution in [0.15, 0.2) is 28.7 Å². The van der Waals surface area contributed by atoms with E-state index in [0.29, 0.717) is 13.2 Å². The van der Waals surface area contributed by atoms with Gasteiger partial charge in [0.2, 0.25) is 0 Å². The maximum Gasteiger partial charge on any atom is 0.251 e. The topological polar surface area (TPSA) is 38.8 Å². The fourth-order valence-electron chi connectivity index (χ4n) is 2.46. The second-order valence-electron chi connectivity index (χ2n) is 4.99.